The first-order valence-electron chi connectivity index (χ1n) is 5.27. The first-order valence-corrected chi connectivity index (χ1v) is 6.39. The van der Waals surface area contributed by atoms with Crippen LogP contribution in [0.1, 0.15) is 17.5 Å². The molecule has 1 rings (SSSR count). The normalized spacial score (nSPS) is 11.6. The molecule has 0 aliphatic rings. The average molecular weight is 310 g/mol. The van der Waals surface area contributed by atoms with E-state index in [1.807, 2.05) is 25.1 Å². The minimum atomic E-state index is -4.10. The molecule has 0 aromatic heterocycles. The van der Waals surface area contributed by atoms with Crippen LogP contribution in [0.4, 0.5) is 18.9 Å². The summed E-state index contributed by atoms with van der Waals surface area (Å²) in [5, 5.41) is 0.750. The van der Waals surface area contributed by atoms with E-state index in [-0.39, 0.29) is 6.54 Å². The molecule has 1 aromatic carbocycles. The number of aryl methyl sites for hydroxylation is 1. The highest BCUT2D eigenvalue weighted by Crippen LogP contribution is 2.24. The van der Waals surface area contributed by atoms with Gasteiger partial charge in [0.2, 0.25) is 0 Å². The maximum atomic E-state index is 12.1. The van der Waals surface area contributed by atoms with Gasteiger partial charge >= 0.3 is 6.18 Å². The van der Waals surface area contributed by atoms with Crippen molar-refractivity contribution in [3.05, 3.63) is 29.3 Å². The molecule has 17 heavy (non-hydrogen) atoms. The third-order valence-corrected chi connectivity index (χ3v) is 3.20. The number of benzene rings is 1. The molecule has 0 saturated carbocycles. The summed E-state index contributed by atoms with van der Waals surface area (Å²) in [5.74, 6) is 0. The lowest BCUT2D eigenvalue weighted by atomic mass is 10.1. The molecule has 0 fully saturated rings. The van der Waals surface area contributed by atoms with E-state index in [0.29, 0.717) is 0 Å². The van der Waals surface area contributed by atoms with E-state index in [2.05, 4.69) is 15.9 Å². The Morgan fingerprint density at radius 1 is 1.29 bits per heavy atom. The molecule has 0 heterocycles. The maximum absolute atomic E-state index is 12.1. The third-order valence-electron chi connectivity index (χ3n) is 2.56. The smallest absolute Gasteiger partial charge is 0.374 e. The second-order valence-electron chi connectivity index (χ2n) is 4.04. The lowest BCUT2D eigenvalue weighted by molar-refractivity contribution is -0.132. The molecular weight excluding hydrogens is 295 g/mol. The van der Waals surface area contributed by atoms with Gasteiger partial charge in [-0.3, -0.25) is 0 Å². The second kappa shape index (κ2) is 5.76. The van der Waals surface area contributed by atoms with Crippen molar-refractivity contribution in [1.82, 2.24) is 0 Å². The Morgan fingerprint density at radius 3 is 2.41 bits per heavy atom. The van der Waals surface area contributed by atoms with Crippen LogP contribution < -0.4 is 4.90 Å². The number of hydrogen-bond acceptors (Lipinski definition) is 1. The molecule has 0 radical (unpaired) electrons. The van der Waals surface area contributed by atoms with Crippen LogP contribution in [0.2, 0.25) is 0 Å². The molecule has 0 spiro atoms. The Bertz CT molecular complexity index is 377. The molecule has 0 saturated heterocycles. The fraction of sp³-hybridized carbons (Fsp3) is 0.500. The SMILES string of the molecule is Cc1cc(CBr)ccc1N(C)CCC(F)(F)F. The summed E-state index contributed by atoms with van der Waals surface area (Å²) in [5.41, 5.74) is 2.96. The highest BCUT2D eigenvalue weighted by molar-refractivity contribution is 9.08. The predicted octanol–water partition coefficient (Wildman–Crippen LogP) is 4.28. The van der Waals surface area contributed by atoms with Gasteiger partial charge < -0.3 is 4.90 Å². The van der Waals surface area contributed by atoms with Crippen molar-refractivity contribution in [1.29, 1.82) is 0 Å². The molecule has 0 aliphatic carbocycles. The first kappa shape index (κ1) is 14.4. The van der Waals surface area contributed by atoms with E-state index in [4.69, 9.17) is 0 Å². The van der Waals surface area contributed by atoms with Crippen molar-refractivity contribution in [2.24, 2.45) is 0 Å². The zero-order chi connectivity index (χ0) is 13.1. The largest absolute Gasteiger partial charge is 0.390 e. The minimum absolute atomic E-state index is 0.0159. The number of anilines is 1. The van der Waals surface area contributed by atoms with Gasteiger partial charge in [0.25, 0.3) is 0 Å². The van der Waals surface area contributed by atoms with E-state index in [1.54, 1.807) is 11.9 Å². The highest BCUT2D eigenvalue weighted by Gasteiger charge is 2.27. The van der Waals surface area contributed by atoms with Crippen molar-refractivity contribution >= 4 is 21.6 Å². The molecule has 96 valence electrons. The van der Waals surface area contributed by atoms with Gasteiger partial charge in [-0.1, -0.05) is 28.1 Å². The van der Waals surface area contributed by atoms with Crippen molar-refractivity contribution in [2.75, 3.05) is 18.5 Å². The number of hydrogen-bond donors (Lipinski definition) is 0. The van der Waals surface area contributed by atoms with Crippen LogP contribution in [0.5, 0.6) is 0 Å². The molecule has 0 atom stereocenters. The third kappa shape index (κ3) is 4.58. The molecule has 1 aromatic rings. The Balaban J connectivity index is 2.72. The number of rotatable bonds is 4. The van der Waals surface area contributed by atoms with Crippen LogP contribution >= 0.6 is 15.9 Å². The van der Waals surface area contributed by atoms with Crippen molar-refractivity contribution < 1.29 is 13.2 Å². The zero-order valence-corrected chi connectivity index (χ0v) is 11.4. The summed E-state index contributed by atoms with van der Waals surface area (Å²) < 4.78 is 36.4. The van der Waals surface area contributed by atoms with E-state index in [9.17, 15) is 13.2 Å². The van der Waals surface area contributed by atoms with Crippen LogP contribution in [-0.4, -0.2) is 19.8 Å². The van der Waals surface area contributed by atoms with Gasteiger partial charge in [-0.25, -0.2) is 0 Å². The minimum Gasteiger partial charge on any atom is -0.374 e. The number of alkyl halides is 4. The maximum Gasteiger partial charge on any atom is 0.390 e. The molecule has 1 nitrogen and oxygen atoms in total. The Labute approximate surface area is 108 Å². The molecule has 0 unspecified atom stereocenters. The summed E-state index contributed by atoms with van der Waals surface area (Å²) in [6, 6.07) is 5.76. The molecule has 0 N–H and O–H groups in total. The fourth-order valence-electron chi connectivity index (χ4n) is 1.64. The van der Waals surface area contributed by atoms with Crippen molar-refractivity contribution in [3.8, 4) is 0 Å². The zero-order valence-electron chi connectivity index (χ0n) is 9.81. The predicted molar refractivity (Wildman–Crippen MR) is 67.8 cm³/mol. The van der Waals surface area contributed by atoms with E-state index in [1.165, 1.54) is 0 Å². The average Bonchev–Trinajstić information content (AvgIpc) is 2.24. The van der Waals surface area contributed by atoms with Crippen LogP contribution in [0.3, 0.4) is 0 Å². The summed E-state index contributed by atoms with van der Waals surface area (Å²) in [6.07, 6.45) is -4.89. The molecule has 0 bridgehead atoms. The Morgan fingerprint density at radius 2 is 1.94 bits per heavy atom. The van der Waals surface area contributed by atoms with E-state index >= 15 is 0 Å². The standard InChI is InChI=1S/C12H15BrF3N/c1-9-7-10(8-13)3-4-11(9)17(2)6-5-12(14,15)16/h3-4,7H,5-6,8H2,1-2H3. The van der Waals surface area contributed by atoms with Crippen LogP contribution in [-0.2, 0) is 5.33 Å². The van der Waals surface area contributed by atoms with Gasteiger partial charge in [0, 0.05) is 24.6 Å². The van der Waals surface area contributed by atoms with Crippen molar-refractivity contribution in [3.63, 3.8) is 0 Å². The van der Waals surface area contributed by atoms with Gasteiger partial charge in [-0.15, -0.1) is 0 Å². The fourth-order valence-corrected chi connectivity index (χ4v) is 1.99. The van der Waals surface area contributed by atoms with Crippen LogP contribution in [0.25, 0.3) is 0 Å². The summed E-state index contributed by atoms with van der Waals surface area (Å²) in [4.78, 5) is 1.64. The molecule has 0 aliphatic heterocycles. The topological polar surface area (TPSA) is 3.24 Å². The second-order valence-corrected chi connectivity index (χ2v) is 4.60. The summed E-state index contributed by atoms with van der Waals surface area (Å²) in [7, 11) is 1.68. The Kier molecular flexibility index (Phi) is 4.86. The van der Waals surface area contributed by atoms with Gasteiger partial charge in [0.15, 0.2) is 0 Å². The lowest BCUT2D eigenvalue weighted by Crippen LogP contribution is -2.24. The summed E-state index contributed by atoms with van der Waals surface area (Å²) >= 11 is 3.35. The Hall–Kier alpha value is -0.710. The van der Waals surface area contributed by atoms with Gasteiger partial charge in [-0.2, -0.15) is 13.2 Å². The quantitative estimate of drug-likeness (QED) is 0.750. The number of nitrogens with zero attached hydrogens (tertiary/aromatic N) is 1. The van der Waals surface area contributed by atoms with Crippen LogP contribution in [0, 0.1) is 6.92 Å². The number of halogens is 4. The van der Waals surface area contributed by atoms with Gasteiger partial charge in [0.05, 0.1) is 6.42 Å². The highest BCUT2D eigenvalue weighted by atomic mass is 79.9. The molecule has 5 heteroatoms. The van der Waals surface area contributed by atoms with Crippen molar-refractivity contribution in [2.45, 2.75) is 24.9 Å². The molecule has 0 amide bonds. The van der Waals surface area contributed by atoms with E-state index in [0.717, 1.165) is 22.1 Å². The van der Waals surface area contributed by atoms with Gasteiger partial charge in [-0.05, 0) is 24.1 Å². The molecular formula is C12H15BrF3N. The monoisotopic (exact) mass is 309 g/mol. The van der Waals surface area contributed by atoms with E-state index < -0.39 is 12.6 Å². The first-order chi connectivity index (χ1) is 7.83. The summed E-state index contributed by atoms with van der Waals surface area (Å²) in [6.45, 7) is 1.89. The van der Waals surface area contributed by atoms with Gasteiger partial charge in [0.1, 0.15) is 0 Å². The lowest BCUT2D eigenvalue weighted by Gasteiger charge is -2.22. The van der Waals surface area contributed by atoms with Crippen LogP contribution in [0.15, 0.2) is 18.2 Å².